The SMILES string of the molecule is O=Cc1ccc(OCc2ccc(-c3nc(Cc4cccc(Cl)c4)no3)cc2)cc1. The van der Waals surface area contributed by atoms with Gasteiger partial charge in [0.1, 0.15) is 18.6 Å². The molecule has 0 N–H and O–H groups in total. The molecular formula is C23H17ClN2O3. The average Bonchev–Trinajstić information content (AvgIpc) is 3.21. The van der Waals surface area contributed by atoms with Crippen LogP contribution in [-0.4, -0.2) is 16.4 Å². The fourth-order valence-corrected chi connectivity index (χ4v) is 3.04. The Morgan fingerprint density at radius 2 is 1.76 bits per heavy atom. The molecular weight excluding hydrogens is 388 g/mol. The minimum atomic E-state index is 0.421. The van der Waals surface area contributed by atoms with Crippen LogP contribution in [0.4, 0.5) is 0 Å². The van der Waals surface area contributed by atoms with Crippen molar-refractivity contribution < 1.29 is 14.1 Å². The predicted molar refractivity (Wildman–Crippen MR) is 110 cm³/mol. The molecule has 0 unspecified atom stereocenters. The van der Waals surface area contributed by atoms with Crippen LogP contribution in [0, 0.1) is 0 Å². The number of aromatic nitrogens is 2. The van der Waals surface area contributed by atoms with Gasteiger partial charge in [-0.15, -0.1) is 0 Å². The van der Waals surface area contributed by atoms with E-state index in [-0.39, 0.29) is 0 Å². The molecule has 4 aromatic rings. The van der Waals surface area contributed by atoms with Gasteiger partial charge in [-0.05, 0) is 59.7 Å². The van der Waals surface area contributed by atoms with Crippen molar-refractivity contribution in [1.29, 1.82) is 0 Å². The predicted octanol–water partition coefficient (Wildman–Crippen LogP) is 5.37. The smallest absolute Gasteiger partial charge is 0.257 e. The number of nitrogens with zero attached hydrogens (tertiary/aromatic N) is 2. The van der Waals surface area contributed by atoms with Gasteiger partial charge < -0.3 is 9.26 Å². The molecule has 29 heavy (non-hydrogen) atoms. The Morgan fingerprint density at radius 1 is 0.966 bits per heavy atom. The third-order valence-electron chi connectivity index (χ3n) is 4.34. The Hall–Kier alpha value is -3.44. The van der Waals surface area contributed by atoms with Gasteiger partial charge in [0.15, 0.2) is 5.82 Å². The fourth-order valence-electron chi connectivity index (χ4n) is 2.83. The lowest BCUT2D eigenvalue weighted by molar-refractivity contribution is 0.112. The van der Waals surface area contributed by atoms with Crippen molar-refractivity contribution in [3.63, 3.8) is 0 Å². The van der Waals surface area contributed by atoms with Crippen LogP contribution in [0.25, 0.3) is 11.5 Å². The minimum Gasteiger partial charge on any atom is -0.489 e. The van der Waals surface area contributed by atoms with Crippen LogP contribution in [0.3, 0.4) is 0 Å². The van der Waals surface area contributed by atoms with E-state index in [1.54, 1.807) is 24.3 Å². The molecule has 0 aliphatic carbocycles. The largest absolute Gasteiger partial charge is 0.489 e. The molecule has 0 radical (unpaired) electrons. The van der Waals surface area contributed by atoms with E-state index in [4.69, 9.17) is 20.9 Å². The van der Waals surface area contributed by atoms with Crippen LogP contribution >= 0.6 is 11.6 Å². The lowest BCUT2D eigenvalue weighted by atomic mass is 10.1. The Labute approximate surface area is 172 Å². The molecule has 1 aromatic heterocycles. The molecule has 144 valence electrons. The molecule has 0 saturated heterocycles. The third-order valence-corrected chi connectivity index (χ3v) is 4.58. The molecule has 3 aromatic carbocycles. The average molecular weight is 405 g/mol. The second kappa shape index (κ2) is 8.71. The maximum absolute atomic E-state index is 10.7. The lowest BCUT2D eigenvalue weighted by Gasteiger charge is -2.06. The van der Waals surface area contributed by atoms with Crippen LogP contribution in [0.1, 0.15) is 27.3 Å². The van der Waals surface area contributed by atoms with Crippen molar-refractivity contribution in [1.82, 2.24) is 10.1 Å². The topological polar surface area (TPSA) is 65.2 Å². The third kappa shape index (κ3) is 4.89. The van der Waals surface area contributed by atoms with Gasteiger partial charge in [-0.25, -0.2) is 0 Å². The summed E-state index contributed by atoms with van der Waals surface area (Å²) in [6.07, 6.45) is 1.36. The van der Waals surface area contributed by atoms with Gasteiger partial charge in [0.05, 0.1) is 0 Å². The van der Waals surface area contributed by atoms with Gasteiger partial charge in [0, 0.05) is 22.6 Å². The maximum Gasteiger partial charge on any atom is 0.257 e. The number of carbonyl (C=O) groups excluding carboxylic acids is 1. The summed E-state index contributed by atoms with van der Waals surface area (Å²) >= 11 is 6.02. The van der Waals surface area contributed by atoms with E-state index in [0.717, 1.165) is 23.0 Å². The molecule has 1 heterocycles. The van der Waals surface area contributed by atoms with Gasteiger partial charge in [-0.1, -0.05) is 41.0 Å². The van der Waals surface area contributed by atoms with Crippen molar-refractivity contribution in [2.24, 2.45) is 0 Å². The standard InChI is InChI=1S/C23H17ClN2O3/c24-20-3-1-2-18(12-20)13-22-25-23(29-26-22)19-8-4-17(5-9-19)15-28-21-10-6-16(14-27)7-11-21/h1-12,14H,13,15H2. The number of hydrogen-bond acceptors (Lipinski definition) is 5. The van der Waals surface area contributed by atoms with Gasteiger partial charge in [-0.2, -0.15) is 4.98 Å². The van der Waals surface area contributed by atoms with Crippen LogP contribution < -0.4 is 4.74 Å². The van der Waals surface area contributed by atoms with Gasteiger partial charge >= 0.3 is 0 Å². The Morgan fingerprint density at radius 3 is 2.48 bits per heavy atom. The minimum absolute atomic E-state index is 0.421. The normalized spacial score (nSPS) is 10.7. The molecule has 0 spiro atoms. The maximum atomic E-state index is 10.7. The highest BCUT2D eigenvalue weighted by Crippen LogP contribution is 2.21. The van der Waals surface area contributed by atoms with Crippen molar-refractivity contribution in [3.8, 4) is 17.2 Å². The number of aldehydes is 1. The van der Waals surface area contributed by atoms with Crippen LogP contribution in [0.5, 0.6) is 5.75 Å². The lowest BCUT2D eigenvalue weighted by Crippen LogP contribution is -1.95. The zero-order chi connectivity index (χ0) is 20.1. The molecule has 6 heteroatoms. The van der Waals surface area contributed by atoms with E-state index in [1.165, 1.54) is 0 Å². The molecule has 5 nitrogen and oxygen atoms in total. The van der Waals surface area contributed by atoms with Crippen molar-refractivity contribution in [2.75, 3.05) is 0 Å². The van der Waals surface area contributed by atoms with Crippen LogP contribution in [0.2, 0.25) is 5.02 Å². The fraction of sp³-hybridized carbons (Fsp3) is 0.0870. The van der Waals surface area contributed by atoms with Gasteiger partial charge in [-0.3, -0.25) is 4.79 Å². The zero-order valence-electron chi connectivity index (χ0n) is 15.4. The first-order chi connectivity index (χ1) is 14.2. The highest BCUT2D eigenvalue weighted by atomic mass is 35.5. The van der Waals surface area contributed by atoms with Gasteiger partial charge in [0.2, 0.25) is 0 Å². The van der Waals surface area contributed by atoms with E-state index in [9.17, 15) is 4.79 Å². The highest BCUT2D eigenvalue weighted by Gasteiger charge is 2.10. The second-order valence-corrected chi connectivity index (χ2v) is 6.93. The number of halogens is 1. The Bertz CT molecular complexity index is 1110. The summed E-state index contributed by atoms with van der Waals surface area (Å²) in [5.41, 5.74) is 3.50. The summed E-state index contributed by atoms with van der Waals surface area (Å²) in [4.78, 5) is 15.2. The zero-order valence-corrected chi connectivity index (χ0v) is 16.2. The molecule has 0 saturated carbocycles. The molecule has 0 amide bonds. The number of benzene rings is 3. The summed E-state index contributed by atoms with van der Waals surface area (Å²) in [7, 11) is 0. The number of rotatable bonds is 7. The van der Waals surface area contributed by atoms with Crippen LogP contribution in [-0.2, 0) is 13.0 Å². The summed E-state index contributed by atoms with van der Waals surface area (Å²) in [5.74, 6) is 1.79. The first-order valence-electron chi connectivity index (χ1n) is 9.04. The Kier molecular flexibility index (Phi) is 5.68. The highest BCUT2D eigenvalue weighted by molar-refractivity contribution is 6.30. The van der Waals surface area contributed by atoms with Crippen molar-refractivity contribution in [3.05, 3.63) is 100 Å². The second-order valence-electron chi connectivity index (χ2n) is 6.49. The summed E-state index contributed by atoms with van der Waals surface area (Å²) < 4.78 is 11.1. The van der Waals surface area contributed by atoms with E-state index < -0.39 is 0 Å². The molecule has 0 aliphatic heterocycles. The van der Waals surface area contributed by atoms with Crippen LogP contribution in [0.15, 0.2) is 77.3 Å². The van der Waals surface area contributed by atoms with E-state index in [2.05, 4.69) is 10.1 Å². The molecule has 0 aliphatic rings. The van der Waals surface area contributed by atoms with Crippen molar-refractivity contribution in [2.45, 2.75) is 13.0 Å². The monoisotopic (exact) mass is 404 g/mol. The van der Waals surface area contributed by atoms with Gasteiger partial charge in [0.25, 0.3) is 5.89 Å². The Balaban J connectivity index is 1.38. The summed E-state index contributed by atoms with van der Waals surface area (Å²) in [6.45, 7) is 0.421. The quantitative estimate of drug-likeness (QED) is 0.387. The molecule has 0 fully saturated rings. The molecule has 4 rings (SSSR count). The van der Waals surface area contributed by atoms with E-state index in [1.807, 2.05) is 48.5 Å². The summed E-state index contributed by atoms with van der Waals surface area (Å²) in [5, 5.41) is 4.74. The summed E-state index contributed by atoms with van der Waals surface area (Å²) in [6, 6.07) is 22.3. The first-order valence-corrected chi connectivity index (χ1v) is 9.42. The van der Waals surface area contributed by atoms with E-state index in [0.29, 0.717) is 41.1 Å². The number of ether oxygens (including phenoxy) is 1. The number of carbonyl (C=O) groups is 1. The first kappa shape index (κ1) is 18.9. The number of hydrogen-bond donors (Lipinski definition) is 0. The van der Waals surface area contributed by atoms with E-state index >= 15 is 0 Å². The van der Waals surface area contributed by atoms with Crippen molar-refractivity contribution >= 4 is 17.9 Å². The molecule has 0 bridgehead atoms. The molecule has 0 atom stereocenters.